The fourth-order valence-electron chi connectivity index (χ4n) is 3.48. The van der Waals surface area contributed by atoms with Crippen molar-refractivity contribution >= 4 is 18.0 Å². The number of aliphatic carboxylic acids is 1. The van der Waals surface area contributed by atoms with Crippen LogP contribution in [0.3, 0.4) is 0 Å². The van der Waals surface area contributed by atoms with Crippen LogP contribution in [-0.2, 0) is 16.1 Å². The van der Waals surface area contributed by atoms with Crippen LogP contribution in [-0.4, -0.2) is 39.0 Å². The molecule has 1 aromatic heterocycles. The molecule has 2 aliphatic rings. The SMILES string of the molecule is CC1(C)CC2/C(=C\c3cc(CN)ccn3)C(=O)N2[C@H]1C(=O)O. The highest BCUT2D eigenvalue weighted by Crippen LogP contribution is 2.49. The second kappa shape index (κ2) is 4.91. The summed E-state index contributed by atoms with van der Waals surface area (Å²) in [7, 11) is 0. The maximum Gasteiger partial charge on any atom is 0.327 e. The van der Waals surface area contributed by atoms with E-state index in [0.717, 1.165) is 5.56 Å². The first-order valence-electron chi connectivity index (χ1n) is 7.27. The number of nitrogens with zero attached hydrogens (tertiary/aromatic N) is 2. The number of amides is 1. The number of carbonyl (C=O) groups is 2. The molecule has 3 heterocycles. The average Bonchev–Trinajstić information content (AvgIpc) is 2.73. The van der Waals surface area contributed by atoms with Crippen molar-refractivity contribution in [3.63, 3.8) is 0 Å². The Kier molecular flexibility index (Phi) is 3.29. The van der Waals surface area contributed by atoms with E-state index in [0.29, 0.717) is 24.2 Å². The predicted octanol–water partition coefficient (Wildman–Crippen LogP) is 1.02. The van der Waals surface area contributed by atoms with E-state index < -0.39 is 17.4 Å². The molecule has 2 atom stereocenters. The van der Waals surface area contributed by atoms with Crippen LogP contribution in [0.4, 0.5) is 0 Å². The molecule has 22 heavy (non-hydrogen) atoms. The van der Waals surface area contributed by atoms with Crippen molar-refractivity contribution in [2.75, 3.05) is 0 Å². The number of aromatic nitrogens is 1. The molecule has 1 aromatic rings. The minimum Gasteiger partial charge on any atom is -0.480 e. The number of carboxylic acids is 1. The third kappa shape index (κ3) is 2.11. The van der Waals surface area contributed by atoms with Crippen molar-refractivity contribution in [2.45, 2.75) is 38.9 Å². The molecule has 6 nitrogen and oxygen atoms in total. The van der Waals surface area contributed by atoms with E-state index in [4.69, 9.17) is 5.73 Å². The van der Waals surface area contributed by atoms with Crippen LogP contribution in [0, 0.1) is 5.41 Å². The van der Waals surface area contributed by atoms with Gasteiger partial charge in [0.25, 0.3) is 5.91 Å². The van der Waals surface area contributed by atoms with Gasteiger partial charge in [-0.1, -0.05) is 13.8 Å². The molecule has 1 unspecified atom stereocenters. The summed E-state index contributed by atoms with van der Waals surface area (Å²) in [4.78, 5) is 29.5. The Hall–Kier alpha value is -2.21. The van der Waals surface area contributed by atoms with Crippen molar-refractivity contribution in [2.24, 2.45) is 11.1 Å². The maximum atomic E-state index is 12.3. The fourth-order valence-corrected chi connectivity index (χ4v) is 3.48. The quantitative estimate of drug-likeness (QED) is 0.642. The number of carboxylic acid groups (broad SMARTS) is 1. The third-order valence-electron chi connectivity index (χ3n) is 4.53. The van der Waals surface area contributed by atoms with E-state index in [2.05, 4.69) is 4.98 Å². The lowest BCUT2D eigenvalue weighted by Gasteiger charge is -2.40. The highest BCUT2D eigenvalue weighted by molar-refractivity contribution is 6.08. The minimum absolute atomic E-state index is 0.132. The molecule has 0 saturated carbocycles. The Balaban J connectivity index is 1.91. The fraction of sp³-hybridized carbons (Fsp3) is 0.438. The van der Waals surface area contributed by atoms with Crippen LogP contribution in [0.25, 0.3) is 6.08 Å². The third-order valence-corrected chi connectivity index (χ3v) is 4.53. The van der Waals surface area contributed by atoms with Crippen LogP contribution in [0.15, 0.2) is 23.9 Å². The van der Waals surface area contributed by atoms with E-state index in [-0.39, 0.29) is 11.9 Å². The van der Waals surface area contributed by atoms with Crippen LogP contribution in [0.5, 0.6) is 0 Å². The molecular formula is C16H19N3O3. The topological polar surface area (TPSA) is 96.5 Å². The van der Waals surface area contributed by atoms with Gasteiger partial charge in [0, 0.05) is 18.3 Å². The van der Waals surface area contributed by atoms with Crippen molar-refractivity contribution in [3.05, 3.63) is 35.2 Å². The first-order valence-corrected chi connectivity index (χ1v) is 7.27. The second-order valence-corrected chi connectivity index (χ2v) is 6.55. The number of rotatable bonds is 3. The molecular weight excluding hydrogens is 282 g/mol. The summed E-state index contributed by atoms with van der Waals surface area (Å²) in [6, 6.07) is 2.78. The number of pyridine rings is 1. The summed E-state index contributed by atoms with van der Waals surface area (Å²) in [5, 5.41) is 9.39. The maximum absolute atomic E-state index is 12.3. The van der Waals surface area contributed by atoms with E-state index in [1.807, 2.05) is 26.0 Å². The number of carbonyl (C=O) groups excluding carboxylic acids is 1. The van der Waals surface area contributed by atoms with E-state index in [9.17, 15) is 14.7 Å². The molecule has 116 valence electrons. The molecule has 1 amide bonds. The zero-order valence-corrected chi connectivity index (χ0v) is 12.6. The van der Waals surface area contributed by atoms with Crippen LogP contribution in [0.2, 0.25) is 0 Å². The van der Waals surface area contributed by atoms with Gasteiger partial charge in [0.05, 0.1) is 11.7 Å². The van der Waals surface area contributed by atoms with Gasteiger partial charge in [-0.15, -0.1) is 0 Å². The summed E-state index contributed by atoms with van der Waals surface area (Å²) in [5.74, 6) is -1.15. The van der Waals surface area contributed by atoms with Crippen LogP contribution in [0.1, 0.15) is 31.5 Å². The molecule has 0 aliphatic carbocycles. The number of β-lactam (4-membered cyclic amide) rings is 1. The molecule has 0 aromatic carbocycles. The van der Waals surface area contributed by atoms with Gasteiger partial charge in [0.2, 0.25) is 0 Å². The molecule has 0 radical (unpaired) electrons. The number of fused-ring (bicyclic) bond motifs is 1. The average molecular weight is 301 g/mol. The molecule has 0 bridgehead atoms. The zero-order chi connectivity index (χ0) is 16.1. The summed E-state index contributed by atoms with van der Waals surface area (Å²) < 4.78 is 0. The number of hydrogen-bond donors (Lipinski definition) is 2. The Morgan fingerprint density at radius 3 is 2.95 bits per heavy atom. The smallest absolute Gasteiger partial charge is 0.327 e. The van der Waals surface area contributed by atoms with Crippen LogP contribution >= 0.6 is 0 Å². The Morgan fingerprint density at radius 2 is 2.32 bits per heavy atom. The van der Waals surface area contributed by atoms with Gasteiger partial charge in [-0.3, -0.25) is 9.78 Å². The summed E-state index contributed by atoms with van der Waals surface area (Å²) in [6.45, 7) is 4.20. The van der Waals surface area contributed by atoms with Crippen molar-refractivity contribution in [1.29, 1.82) is 0 Å². The largest absolute Gasteiger partial charge is 0.480 e. The van der Waals surface area contributed by atoms with Gasteiger partial charge in [-0.25, -0.2) is 4.79 Å². The molecule has 0 spiro atoms. The summed E-state index contributed by atoms with van der Waals surface area (Å²) in [5.41, 5.74) is 7.44. The van der Waals surface area contributed by atoms with Crippen molar-refractivity contribution in [1.82, 2.24) is 9.88 Å². The molecule has 2 saturated heterocycles. The molecule has 3 rings (SSSR count). The van der Waals surface area contributed by atoms with E-state index in [1.165, 1.54) is 4.90 Å². The van der Waals surface area contributed by atoms with Gasteiger partial charge >= 0.3 is 5.97 Å². The molecule has 6 heteroatoms. The number of hydrogen-bond acceptors (Lipinski definition) is 4. The van der Waals surface area contributed by atoms with Crippen molar-refractivity contribution < 1.29 is 14.7 Å². The monoisotopic (exact) mass is 301 g/mol. The first-order chi connectivity index (χ1) is 10.3. The van der Waals surface area contributed by atoms with Gasteiger partial charge in [-0.05, 0) is 35.6 Å². The van der Waals surface area contributed by atoms with Crippen LogP contribution < -0.4 is 5.73 Å². The number of nitrogens with two attached hydrogens (primary N) is 1. The van der Waals surface area contributed by atoms with Gasteiger partial charge < -0.3 is 15.7 Å². The minimum atomic E-state index is -0.942. The van der Waals surface area contributed by atoms with Gasteiger partial charge in [0.1, 0.15) is 6.04 Å². The first kappa shape index (κ1) is 14.7. The highest BCUT2D eigenvalue weighted by Gasteiger charge is 2.60. The van der Waals surface area contributed by atoms with E-state index in [1.54, 1.807) is 12.3 Å². The lowest BCUT2D eigenvalue weighted by atomic mass is 9.83. The zero-order valence-electron chi connectivity index (χ0n) is 12.6. The normalized spacial score (nSPS) is 27.7. The lowest BCUT2D eigenvalue weighted by Crippen LogP contribution is -2.57. The van der Waals surface area contributed by atoms with Gasteiger partial charge in [-0.2, -0.15) is 0 Å². The molecule has 3 N–H and O–H groups in total. The standard InChI is InChI=1S/C16H19N3O3/c1-16(2)7-12-11(14(20)19(12)13(16)15(21)22)6-10-5-9(8-17)3-4-18-10/h3-6,12-13H,7-8,17H2,1-2H3,(H,21,22)/b11-6+/t12?,13-/m0/s1. The second-order valence-electron chi connectivity index (χ2n) is 6.55. The predicted molar refractivity (Wildman–Crippen MR) is 80.6 cm³/mol. The molecule has 2 fully saturated rings. The Labute approximate surface area is 128 Å². The molecule has 2 aliphatic heterocycles. The van der Waals surface area contributed by atoms with Crippen molar-refractivity contribution in [3.8, 4) is 0 Å². The van der Waals surface area contributed by atoms with E-state index >= 15 is 0 Å². The lowest BCUT2D eigenvalue weighted by molar-refractivity contribution is -0.154. The van der Waals surface area contributed by atoms with Gasteiger partial charge in [0.15, 0.2) is 0 Å². The Bertz CT molecular complexity index is 681. The summed E-state index contributed by atoms with van der Waals surface area (Å²) in [6.07, 6.45) is 4.06. The highest BCUT2D eigenvalue weighted by atomic mass is 16.4. The Morgan fingerprint density at radius 1 is 1.59 bits per heavy atom. The summed E-state index contributed by atoms with van der Waals surface area (Å²) >= 11 is 0.